The average Bonchev–Trinajstić information content (AvgIpc) is 3.34. The van der Waals surface area contributed by atoms with E-state index in [1.54, 1.807) is 41.3 Å². The zero-order chi connectivity index (χ0) is 21.8. The number of nitrogens with zero attached hydrogens (tertiary/aromatic N) is 5. The summed E-state index contributed by atoms with van der Waals surface area (Å²) in [7, 11) is -0.662. The molecule has 10 nitrogen and oxygen atoms in total. The first-order chi connectivity index (χ1) is 15.0. The first kappa shape index (κ1) is 21.1. The fourth-order valence-electron chi connectivity index (χ4n) is 3.39. The van der Waals surface area contributed by atoms with Crippen molar-refractivity contribution in [1.82, 2.24) is 24.3 Å². The first-order valence-electron chi connectivity index (χ1n) is 9.74. The van der Waals surface area contributed by atoms with Crippen molar-refractivity contribution in [2.45, 2.75) is 23.8 Å². The van der Waals surface area contributed by atoms with Gasteiger partial charge in [-0.05, 0) is 37.1 Å². The molecular formula is C20H23N5O5S. The summed E-state index contributed by atoms with van der Waals surface area (Å²) < 4.78 is 45.4. The highest BCUT2D eigenvalue weighted by Gasteiger charge is 2.31. The van der Waals surface area contributed by atoms with Gasteiger partial charge in [0, 0.05) is 37.6 Å². The third kappa shape index (κ3) is 4.47. The number of benzene rings is 1. The van der Waals surface area contributed by atoms with Crippen LogP contribution in [0.4, 0.5) is 0 Å². The van der Waals surface area contributed by atoms with Crippen LogP contribution in [0.15, 0.2) is 53.7 Å². The molecule has 0 amide bonds. The fourth-order valence-corrected chi connectivity index (χ4v) is 4.88. The molecule has 1 aliphatic rings. The van der Waals surface area contributed by atoms with Crippen molar-refractivity contribution >= 4 is 10.0 Å². The molecule has 1 saturated heterocycles. The van der Waals surface area contributed by atoms with Gasteiger partial charge in [-0.1, -0.05) is 0 Å². The Labute approximate surface area is 180 Å². The Bertz CT molecular complexity index is 1110. The quantitative estimate of drug-likeness (QED) is 0.543. The number of rotatable bonds is 7. The SMILES string of the molecule is COc1ccc(S(=O)(=O)N2CCC(Oc3ccc(-n4cccn4)nn3)CC2)cc1OC. The molecule has 0 N–H and O–H groups in total. The molecule has 0 radical (unpaired) electrons. The van der Waals surface area contributed by atoms with E-state index in [0.717, 1.165) is 0 Å². The number of sulfonamides is 1. The van der Waals surface area contributed by atoms with Gasteiger partial charge in [0.2, 0.25) is 15.9 Å². The van der Waals surface area contributed by atoms with Crippen LogP contribution < -0.4 is 14.2 Å². The lowest BCUT2D eigenvalue weighted by atomic mass is 10.1. The van der Waals surface area contributed by atoms with Crippen LogP contribution in [0.25, 0.3) is 5.82 Å². The Kier molecular flexibility index (Phi) is 6.05. The maximum absolute atomic E-state index is 13.0. The number of ether oxygens (including phenoxy) is 3. The Morgan fingerprint density at radius 2 is 1.77 bits per heavy atom. The van der Waals surface area contributed by atoms with Crippen LogP contribution >= 0.6 is 0 Å². The zero-order valence-electron chi connectivity index (χ0n) is 17.2. The van der Waals surface area contributed by atoms with E-state index in [1.165, 1.54) is 30.7 Å². The lowest BCUT2D eigenvalue weighted by molar-refractivity contribution is 0.128. The summed E-state index contributed by atoms with van der Waals surface area (Å²) in [6, 6.07) is 9.90. The van der Waals surface area contributed by atoms with E-state index < -0.39 is 10.0 Å². The van der Waals surface area contributed by atoms with Crippen molar-refractivity contribution in [1.29, 1.82) is 0 Å². The molecule has 31 heavy (non-hydrogen) atoms. The van der Waals surface area contributed by atoms with Crippen molar-refractivity contribution in [2.75, 3.05) is 27.3 Å². The molecule has 164 valence electrons. The third-order valence-corrected chi connectivity index (χ3v) is 6.94. The van der Waals surface area contributed by atoms with E-state index in [4.69, 9.17) is 14.2 Å². The van der Waals surface area contributed by atoms with Gasteiger partial charge < -0.3 is 14.2 Å². The van der Waals surface area contributed by atoms with Gasteiger partial charge in [0.1, 0.15) is 6.10 Å². The van der Waals surface area contributed by atoms with Gasteiger partial charge in [0.15, 0.2) is 17.3 Å². The van der Waals surface area contributed by atoms with Gasteiger partial charge >= 0.3 is 0 Å². The van der Waals surface area contributed by atoms with Crippen LogP contribution in [-0.2, 0) is 10.0 Å². The molecule has 3 aromatic rings. The Morgan fingerprint density at radius 3 is 2.39 bits per heavy atom. The number of methoxy groups -OCH3 is 2. The van der Waals surface area contributed by atoms with Crippen LogP contribution in [0.3, 0.4) is 0 Å². The first-order valence-corrected chi connectivity index (χ1v) is 11.2. The van der Waals surface area contributed by atoms with E-state index in [-0.39, 0.29) is 11.0 Å². The van der Waals surface area contributed by atoms with Crippen molar-refractivity contribution < 1.29 is 22.6 Å². The van der Waals surface area contributed by atoms with Crippen LogP contribution in [0.2, 0.25) is 0 Å². The second-order valence-electron chi connectivity index (χ2n) is 6.92. The number of hydrogen-bond acceptors (Lipinski definition) is 8. The molecule has 4 rings (SSSR count). The van der Waals surface area contributed by atoms with Crippen LogP contribution in [-0.4, -0.2) is 66.1 Å². The molecule has 0 unspecified atom stereocenters. The normalized spacial score (nSPS) is 15.5. The van der Waals surface area contributed by atoms with Crippen molar-refractivity contribution in [2.24, 2.45) is 0 Å². The number of hydrogen-bond donors (Lipinski definition) is 0. The fraction of sp³-hybridized carbons (Fsp3) is 0.350. The summed E-state index contributed by atoms with van der Waals surface area (Å²) in [4.78, 5) is 0.171. The molecule has 1 aromatic carbocycles. The van der Waals surface area contributed by atoms with Crippen molar-refractivity contribution in [3.05, 3.63) is 48.8 Å². The van der Waals surface area contributed by atoms with Crippen LogP contribution in [0.5, 0.6) is 17.4 Å². The maximum Gasteiger partial charge on any atom is 0.243 e. The highest BCUT2D eigenvalue weighted by molar-refractivity contribution is 7.89. The highest BCUT2D eigenvalue weighted by atomic mass is 32.2. The molecule has 3 heterocycles. The second-order valence-corrected chi connectivity index (χ2v) is 8.86. The summed E-state index contributed by atoms with van der Waals surface area (Å²) >= 11 is 0. The van der Waals surface area contributed by atoms with Gasteiger partial charge in [-0.2, -0.15) is 9.40 Å². The van der Waals surface area contributed by atoms with Crippen molar-refractivity contribution in [3.63, 3.8) is 0 Å². The average molecular weight is 446 g/mol. The Morgan fingerprint density at radius 1 is 1.00 bits per heavy atom. The third-order valence-electron chi connectivity index (χ3n) is 5.05. The van der Waals surface area contributed by atoms with Crippen LogP contribution in [0, 0.1) is 0 Å². The molecule has 0 aliphatic carbocycles. The topological polar surface area (TPSA) is 109 Å². The molecule has 0 atom stereocenters. The largest absolute Gasteiger partial charge is 0.493 e. The van der Waals surface area contributed by atoms with Gasteiger partial charge in [0.25, 0.3) is 0 Å². The van der Waals surface area contributed by atoms with E-state index in [1.807, 2.05) is 0 Å². The zero-order valence-corrected chi connectivity index (χ0v) is 18.0. The summed E-state index contributed by atoms with van der Waals surface area (Å²) in [5.41, 5.74) is 0. The minimum absolute atomic E-state index is 0.137. The Hall–Kier alpha value is -3.18. The summed E-state index contributed by atoms with van der Waals surface area (Å²) in [5, 5.41) is 12.3. The van der Waals surface area contributed by atoms with Gasteiger partial charge in [-0.25, -0.2) is 13.1 Å². The van der Waals surface area contributed by atoms with E-state index in [2.05, 4.69) is 15.3 Å². The molecule has 0 saturated carbocycles. The summed E-state index contributed by atoms with van der Waals surface area (Å²) in [6.07, 6.45) is 4.40. The number of piperidine rings is 1. The summed E-state index contributed by atoms with van der Waals surface area (Å²) in [6.45, 7) is 0.695. The van der Waals surface area contributed by atoms with Gasteiger partial charge in [-0.15, -0.1) is 10.2 Å². The summed E-state index contributed by atoms with van der Waals surface area (Å²) in [5.74, 6) is 1.84. The van der Waals surface area contributed by atoms with E-state index in [9.17, 15) is 8.42 Å². The molecule has 1 aliphatic heterocycles. The molecule has 11 heteroatoms. The Balaban J connectivity index is 1.38. The molecule has 0 bridgehead atoms. The molecule has 2 aromatic heterocycles. The van der Waals surface area contributed by atoms with Gasteiger partial charge in [0.05, 0.1) is 19.1 Å². The molecule has 0 spiro atoms. The monoisotopic (exact) mass is 445 g/mol. The minimum atomic E-state index is -3.64. The smallest absolute Gasteiger partial charge is 0.243 e. The van der Waals surface area contributed by atoms with E-state index >= 15 is 0 Å². The molecule has 1 fully saturated rings. The minimum Gasteiger partial charge on any atom is -0.493 e. The maximum atomic E-state index is 13.0. The number of aromatic nitrogens is 4. The lowest BCUT2D eigenvalue weighted by Gasteiger charge is -2.31. The lowest BCUT2D eigenvalue weighted by Crippen LogP contribution is -2.41. The highest BCUT2D eigenvalue weighted by Crippen LogP contribution is 2.31. The second kappa shape index (κ2) is 8.90. The van der Waals surface area contributed by atoms with Crippen LogP contribution in [0.1, 0.15) is 12.8 Å². The van der Waals surface area contributed by atoms with Gasteiger partial charge in [-0.3, -0.25) is 0 Å². The predicted molar refractivity (Wildman–Crippen MR) is 111 cm³/mol. The standard InChI is InChI=1S/C20H23N5O5S/c1-28-17-5-4-16(14-18(17)29-2)31(26,27)24-12-8-15(9-13-24)30-20-7-6-19(22-23-20)25-11-3-10-21-25/h3-7,10-11,14-15H,8-9,12-13H2,1-2H3. The van der Waals surface area contributed by atoms with Crippen molar-refractivity contribution in [3.8, 4) is 23.2 Å². The molecular weight excluding hydrogens is 422 g/mol. The predicted octanol–water partition coefficient (Wildman–Crippen LogP) is 1.91. The van der Waals surface area contributed by atoms with E-state index in [0.29, 0.717) is 49.1 Å².